The SMILES string of the molecule is C=C(C)C(Cc1sc2nc(C)ccc2c1N)c1ccc(NCC2CC(N)C2)c(C#N)c1. The average molecular weight is 432 g/mol. The van der Waals surface area contributed by atoms with Crippen LogP contribution in [0.25, 0.3) is 10.2 Å². The van der Waals surface area contributed by atoms with Crippen LogP contribution in [0.5, 0.6) is 0 Å². The molecule has 2 aromatic heterocycles. The molecule has 1 fully saturated rings. The van der Waals surface area contributed by atoms with Crippen LogP contribution in [0, 0.1) is 24.2 Å². The first-order chi connectivity index (χ1) is 14.9. The molecule has 5 N–H and O–H groups in total. The number of nitrogen functional groups attached to an aromatic ring is 1. The monoisotopic (exact) mass is 431 g/mol. The highest BCUT2D eigenvalue weighted by Crippen LogP contribution is 2.38. The number of pyridine rings is 1. The van der Waals surface area contributed by atoms with Crippen LogP contribution in [-0.2, 0) is 6.42 Å². The van der Waals surface area contributed by atoms with E-state index in [-0.39, 0.29) is 5.92 Å². The van der Waals surface area contributed by atoms with Crippen LogP contribution in [0.15, 0.2) is 42.5 Å². The summed E-state index contributed by atoms with van der Waals surface area (Å²) in [5.74, 6) is 0.680. The van der Waals surface area contributed by atoms with Crippen molar-refractivity contribution >= 4 is 32.9 Å². The predicted octanol–water partition coefficient (Wildman–Crippen LogP) is 5.11. The molecule has 1 saturated carbocycles. The molecule has 6 heteroatoms. The fraction of sp³-hybridized carbons (Fsp3) is 0.360. The average Bonchev–Trinajstić information content (AvgIpc) is 3.02. The number of allylic oxidation sites excluding steroid dienone is 1. The Morgan fingerprint density at radius 2 is 2.13 bits per heavy atom. The number of benzene rings is 1. The standard InChI is InChI=1S/C25H29N5S/c1-14(2)21(11-23-24(28)20-6-4-15(3)30-25(20)31-23)17-5-7-22(18(10-17)12-26)29-13-16-8-19(27)9-16/h4-7,10,16,19,21,29H,1,8-9,11,13,27-28H2,2-3H3. The summed E-state index contributed by atoms with van der Waals surface area (Å²) in [6.45, 7) is 9.11. The molecule has 160 valence electrons. The van der Waals surface area contributed by atoms with Crippen LogP contribution < -0.4 is 16.8 Å². The van der Waals surface area contributed by atoms with E-state index in [4.69, 9.17) is 11.5 Å². The zero-order valence-corrected chi connectivity index (χ0v) is 18.9. The zero-order chi connectivity index (χ0) is 22.1. The molecular weight excluding hydrogens is 402 g/mol. The van der Waals surface area contributed by atoms with Gasteiger partial charge in [-0.15, -0.1) is 11.3 Å². The van der Waals surface area contributed by atoms with E-state index in [0.717, 1.165) is 69.1 Å². The molecule has 1 unspecified atom stereocenters. The number of nitrogens with zero attached hydrogens (tertiary/aromatic N) is 2. The molecule has 2 heterocycles. The number of hydrogen-bond acceptors (Lipinski definition) is 6. The van der Waals surface area contributed by atoms with Gasteiger partial charge >= 0.3 is 0 Å². The summed E-state index contributed by atoms with van der Waals surface area (Å²) in [5, 5.41) is 14.2. The molecule has 5 nitrogen and oxygen atoms in total. The molecule has 1 aliphatic carbocycles. The molecule has 1 aromatic carbocycles. The van der Waals surface area contributed by atoms with Gasteiger partial charge < -0.3 is 16.8 Å². The van der Waals surface area contributed by atoms with E-state index in [1.54, 1.807) is 11.3 Å². The van der Waals surface area contributed by atoms with Crippen LogP contribution in [0.3, 0.4) is 0 Å². The lowest BCUT2D eigenvalue weighted by molar-refractivity contribution is 0.280. The Morgan fingerprint density at radius 3 is 2.81 bits per heavy atom. The van der Waals surface area contributed by atoms with Gasteiger partial charge in [-0.1, -0.05) is 18.2 Å². The van der Waals surface area contributed by atoms with Crippen molar-refractivity contribution in [3.05, 3.63) is 64.2 Å². The highest BCUT2D eigenvalue weighted by Gasteiger charge is 2.26. The molecule has 1 aliphatic rings. The topological polar surface area (TPSA) is 101 Å². The summed E-state index contributed by atoms with van der Waals surface area (Å²) >= 11 is 1.65. The molecule has 0 radical (unpaired) electrons. The number of aryl methyl sites for hydroxylation is 1. The third-order valence-corrected chi connectivity index (χ3v) is 7.35. The number of nitrogens with one attached hydrogen (secondary N) is 1. The van der Waals surface area contributed by atoms with E-state index in [9.17, 15) is 5.26 Å². The number of nitrogens with two attached hydrogens (primary N) is 2. The van der Waals surface area contributed by atoms with Crippen molar-refractivity contribution in [2.24, 2.45) is 11.7 Å². The minimum atomic E-state index is 0.0854. The fourth-order valence-electron chi connectivity index (χ4n) is 4.28. The number of rotatable bonds is 7. The van der Waals surface area contributed by atoms with Gasteiger partial charge in [0, 0.05) is 34.5 Å². The molecule has 4 rings (SSSR count). The maximum atomic E-state index is 9.74. The lowest BCUT2D eigenvalue weighted by Gasteiger charge is -2.32. The molecule has 0 aliphatic heterocycles. The minimum absolute atomic E-state index is 0.0854. The Hall–Kier alpha value is -2.88. The highest BCUT2D eigenvalue weighted by atomic mass is 32.1. The van der Waals surface area contributed by atoms with Crippen molar-refractivity contribution in [2.75, 3.05) is 17.6 Å². The van der Waals surface area contributed by atoms with Gasteiger partial charge in [-0.25, -0.2) is 4.98 Å². The molecule has 0 spiro atoms. The number of anilines is 2. The smallest absolute Gasteiger partial charge is 0.125 e. The molecule has 3 aromatic rings. The summed E-state index contributed by atoms with van der Waals surface area (Å²) in [4.78, 5) is 6.72. The van der Waals surface area contributed by atoms with E-state index in [1.165, 1.54) is 0 Å². The second-order valence-electron chi connectivity index (χ2n) is 8.74. The normalized spacial score (nSPS) is 18.9. The summed E-state index contributed by atoms with van der Waals surface area (Å²) < 4.78 is 0. The summed E-state index contributed by atoms with van der Waals surface area (Å²) in [7, 11) is 0. The second kappa shape index (κ2) is 8.70. The highest BCUT2D eigenvalue weighted by molar-refractivity contribution is 7.19. The largest absolute Gasteiger partial charge is 0.397 e. The van der Waals surface area contributed by atoms with E-state index in [0.29, 0.717) is 17.5 Å². The van der Waals surface area contributed by atoms with Crippen molar-refractivity contribution in [3.63, 3.8) is 0 Å². The maximum Gasteiger partial charge on any atom is 0.125 e. The molecule has 1 atom stereocenters. The fourth-order valence-corrected chi connectivity index (χ4v) is 5.47. The third-order valence-electron chi connectivity index (χ3n) is 6.21. The summed E-state index contributed by atoms with van der Waals surface area (Å²) in [5.41, 5.74) is 17.8. The molecule has 0 saturated heterocycles. The second-order valence-corrected chi connectivity index (χ2v) is 9.83. The maximum absolute atomic E-state index is 9.74. The Bertz CT molecular complexity index is 1170. The van der Waals surface area contributed by atoms with Crippen molar-refractivity contribution in [1.82, 2.24) is 4.98 Å². The Balaban J connectivity index is 1.57. The van der Waals surface area contributed by atoms with Crippen LogP contribution in [0.2, 0.25) is 0 Å². The molecule has 0 amide bonds. The van der Waals surface area contributed by atoms with Crippen LogP contribution in [0.1, 0.15) is 47.4 Å². The van der Waals surface area contributed by atoms with Gasteiger partial charge in [0.25, 0.3) is 0 Å². The molecule has 0 bridgehead atoms. The van der Waals surface area contributed by atoms with E-state index in [1.807, 2.05) is 38.1 Å². The van der Waals surface area contributed by atoms with Gasteiger partial charge in [0.05, 0.1) is 16.9 Å². The summed E-state index contributed by atoms with van der Waals surface area (Å²) in [6.07, 6.45) is 2.85. The number of nitriles is 1. The Labute approximate surface area is 187 Å². The Morgan fingerprint density at radius 1 is 1.35 bits per heavy atom. The predicted molar refractivity (Wildman–Crippen MR) is 130 cm³/mol. The van der Waals surface area contributed by atoms with Gasteiger partial charge in [-0.3, -0.25) is 0 Å². The van der Waals surface area contributed by atoms with Crippen molar-refractivity contribution in [1.29, 1.82) is 5.26 Å². The first-order valence-electron chi connectivity index (χ1n) is 10.7. The summed E-state index contributed by atoms with van der Waals surface area (Å²) in [6, 6.07) is 12.8. The van der Waals surface area contributed by atoms with Gasteiger partial charge in [-0.05, 0) is 68.9 Å². The van der Waals surface area contributed by atoms with Gasteiger partial charge in [0.15, 0.2) is 0 Å². The van der Waals surface area contributed by atoms with Gasteiger partial charge in [0.1, 0.15) is 10.9 Å². The van der Waals surface area contributed by atoms with Crippen molar-refractivity contribution < 1.29 is 0 Å². The minimum Gasteiger partial charge on any atom is -0.397 e. The van der Waals surface area contributed by atoms with E-state index < -0.39 is 0 Å². The Kier molecular flexibility index (Phi) is 5.99. The van der Waals surface area contributed by atoms with Gasteiger partial charge in [-0.2, -0.15) is 5.26 Å². The first kappa shape index (κ1) is 21.4. The van der Waals surface area contributed by atoms with Gasteiger partial charge in [0.2, 0.25) is 0 Å². The van der Waals surface area contributed by atoms with Crippen LogP contribution in [0.4, 0.5) is 11.4 Å². The zero-order valence-electron chi connectivity index (χ0n) is 18.1. The molecule has 31 heavy (non-hydrogen) atoms. The van der Waals surface area contributed by atoms with Crippen LogP contribution >= 0.6 is 11.3 Å². The van der Waals surface area contributed by atoms with E-state index in [2.05, 4.69) is 29.0 Å². The van der Waals surface area contributed by atoms with Crippen molar-refractivity contribution in [2.45, 2.75) is 45.1 Å². The number of hydrogen-bond donors (Lipinski definition) is 3. The number of thiophene rings is 1. The first-order valence-corrected chi connectivity index (χ1v) is 11.5. The van der Waals surface area contributed by atoms with E-state index >= 15 is 0 Å². The third kappa shape index (κ3) is 4.43. The number of fused-ring (bicyclic) bond motifs is 1. The van der Waals surface area contributed by atoms with Crippen molar-refractivity contribution in [3.8, 4) is 6.07 Å². The molecular formula is C25H29N5S. The lowest BCUT2D eigenvalue weighted by Crippen LogP contribution is -2.39. The quantitative estimate of drug-likeness (QED) is 0.451. The lowest BCUT2D eigenvalue weighted by atomic mass is 9.81. The number of aromatic nitrogens is 1. The van der Waals surface area contributed by atoms with Crippen LogP contribution in [-0.4, -0.2) is 17.6 Å².